The molecule has 1 atom stereocenters. The Morgan fingerprint density at radius 2 is 2.11 bits per heavy atom. The number of rotatable bonds is 2. The summed E-state index contributed by atoms with van der Waals surface area (Å²) in [5.41, 5.74) is 1.65. The van der Waals surface area contributed by atoms with Crippen LogP contribution >= 0.6 is 0 Å². The number of nitrogens with zero attached hydrogens (tertiary/aromatic N) is 1. The molecule has 0 amide bonds. The Kier molecular flexibility index (Phi) is 3.96. The minimum absolute atomic E-state index is 0.362. The van der Waals surface area contributed by atoms with Gasteiger partial charge in [-0.1, -0.05) is 32.9 Å². The fraction of sp³-hybridized carbons (Fsp3) is 0.625. The van der Waals surface area contributed by atoms with Crippen LogP contribution in [0.4, 0.5) is 0 Å². The van der Waals surface area contributed by atoms with Gasteiger partial charge in [0.2, 0.25) is 0 Å². The Balaban J connectivity index is 2.02. The van der Waals surface area contributed by atoms with Crippen LogP contribution in [-0.2, 0) is 0 Å². The van der Waals surface area contributed by atoms with E-state index in [2.05, 4.69) is 31.7 Å². The SMILES string of the molecule is CC(C)(C)CN1CCCC(c2cccc(O)c2)C1. The molecule has 0 saturated carbocycles. The molecule has 2 heteroatoms. The molecule has 18 heavy (non-hydrogen) atoms. The van der Waals surface area contributed by atoms with Crippen molar-refractivity contribution in [3.8, 4) is 5.75 Å². The van der Waals surface area contributed by atoms with E-state index in [9.17, 15) is 5.11 Å². The molecule has 100 valence electrons. The first-order valence-corrected chi connectivity index (χ1v) is 6.95. The molecule has 0 spiro atoms. The third kappa shape index (κ3) is 3.74. The quantitative estimate of drug-likeness (QED) is 0.863. The van der Waals surface area contributed by atoms with E-state index in [1.807, 2.05) is 12.1 Å². The Hall–Kier alpha value is -1.02. The molecule has 0 radical (unpaired) electrons. The number of phenols is 1. The molecule has 2 rings (SSSR count). The molecule has 1 fully saturated rings. The number of piperidine rings is 1. The van der Waals surface area contributed by atoms with Gasteiger partial charge in [0.25, 0.3) is 0 Å². The van der Waals surface area contributed by atoms with E-state index in [0.717, 1.165) is 13.1 Å². The lowest BCUT2D eigenvalue weighted by atomic mass is 9.88. The van der Waals surface area contributed by atoms with Crippen LogP contribution in [0.5, 0.6) is 5.75 Å². The predicted octanol–water partition coefficient (Wildman–Crippen LogP) is 3.62. The summed E-state index contributed by atoms with van der Waals surface area (Å²) in [5.74, 6) is 0.966. The van der Waals surface area contributed by atoms with Crippen molar-refractivity contribution in [3.63, 3.8) is 0 Å². The van der Waals surface area contributed by atoms with Gasteiger partial charge in [-0.2, -0.15) is 0 Å². The summed E-state index contributed by atoms with van der Waals surface area (Å²) in [6, 6.07) is 7.77. The molecule has 1 aliphatic rings. The summed E-state index contributed by atoms with van der Waals surface area (Å²) in [7, 11) is 0. The van der Waals surface area contributed by atoms with Gasteiger partial charge in [-0.05, 0) is 48.4 Å². The number of hydrogen-bond donors (Lipinski definition) is 1. The summed E-state index contributed by atoms with van der Waals surface area (Å²) in [5, 5.41) is 9.58. The van der Waals surface area contributed by atoms with E-state index in [4.69, 9.17) is 0 Å². The van der Waals surface area contributed by atoms with Crippen molar-refractivity contribution in [2.75, 3.05) is 19.6 Å². The summed E-state index contributed by atoms with van der Waals surface area (Å²) in [6.45, 7) is 10.4. The normalized spacial score (nSPS) is 22.1. The maximum atomic E-state index is 9.58. The van der Waals surface area contributed by atoms with Gasteiger partial charge in [0.15, 0.2) is 0 Å². The van der Waals surface area contributed by atoms with Gasteiger partial charge in [0, 0.05) is 13.1 Å². The molecule has 1 aromatic carbocycles. The molecule has 0 bridgehead atoms. The van der Waals surface area contributed by atoms with Crippen LogP contribution in [0.2, 0.25) is 0 Å². The first-order chi connectivity index (χ1) is 8.44. The Morgan fingerprint density at radius 1 is 1.33 bits per heavy atom. The van der Waals surface area contributed by atoms with Crippen molar-refractivity contribution in [2.24, 2.45) is 5.41 Å². The molecular weight excluding hydrogens is 222 g/mol. The minimum atomic E-state index is 0.362. The highest BCUT2D eigenvalue weighted by atomic mass is 16.3. The highest BCUT2D eigenvalue weighted by Gasteiger charge is 2.24. The van der Waals surface area contributed by atoms with Crippen molar-refractivity contribution >= 4 is 0 Å². The van der Waals surface area contributed by atoms with Crippen LogP contribution in [0.1, 0.15) is 45.1 Å². The second-order valence-electron chi connectivity index (χ2n) is 6.73. The maximum absolute atomic E-state index is 9.58. The monoisotopic (exact) mass is 247 g/mol. The number of benzene rings is 1. The molecule has 1 unspecified atom stereocenters. The molecule has 0 aliphatic carbocycles. The molecule has 1 heterocycles. The van der Waals surface area contributed by atoms with Crippen LogP contribution < -0.4 is 0 Å². The lowest BCUT2D eigenvalue weighted by Gasteiger charge is -2.36. The van der Waals surface area contributed by atoms with Gasteiger partial charge < -0.3 is 10.0 Å². The van der Waals surface area contributed by atoms with Crippen LogP contribution in [0, 0.1) is 5.41 Å². The van der Waals surface area contributed by atoms with Gasteiger partial charge in [-0.25, -0.2) is 0 Å². The summed E-state index contributed by atoms with van der Waals surface area (Å²) in [6.07, 6.45) is 2.50. The molecule has 2 nitrogen and oxygen atoms in total. The topological polar surface area (TPSA) is 23.5 Å². The van der Waals surface area contributed by atoms with Gasteiger partial charge in [-0.3, -0.25) is 0 Å². The van der Waals surface area contributed by atoms with Gasteiger partial charge in [0.1, 0.15) is 5.75 Å². The standard InChI is InChI=1S/C16H25NO/c1-16(2,3)12-17-9-5-7-14(11-17)13-6-4-8-15(18)10-13/h4,6,8,10,14,18H,5,7,9,11-12H2,1-3H3. The molecule has 0 aromatic heterocycles. The van der Waals surface area contributed by atoms with Crippen molar-refractivity contribution in [1.29, 1.82) is 0 Å². The first kappa shape index (κ1) is 13.4. The van der Waals surface area contributed by atoms with E-state index in [-0.39, 0.29) is 0 Å². The fourth-order valence-corrected chi connectivity index (χ4v) is 2.92. The smallest absolute Gasteiger partial charge is 0.115 e. The lowest BCUT2D eigenvalue weighted by molar-refractivity contribution is 0.150. The minimum Gasteiger partial charge on any atom is -0.508 e. The van der Waals surface area contributed by atoms with E-state index in [1.54, 1.807) is 6.07 Å². The molecule has 1 saturated heterocycles. The third-order valence-corrected chi connectivity index (χ3v) is 3.55. The van der Waals surface area contributed by atoms with Crippen LogP contribution in [0.25, 0.3) is 0 Å². The number of aromatic hydroxyl groups is 1. The average molecular weight is 247 g/mol. The highest BCUT2D eigenvalue weighted by Crippen LogP contribution is 2.30. The Labute approximate surface area is 111 Å². The van der Waals surface area contributed by atoms with Gasteiger partial charge >= 0.3 is 0 Å². The van der Waals surface area contributed by atoms with Crippen LogP contribution in [0.3, 0.4) is 0 Å². The summed E-state index contributed by atoms with van der Waals surface area (Å²) in [4.78, 5) is 2.57. The second kappa shape index (κ2) is 5.31. The molecule has 1 aliphatic heterocycles. The summed E-state index contributed by atoms with van der Waals surface area (Å²) < 4.78 is 0. The van der Waals surface area contributed by atoms with Crippen molar-refractivity contribution in [2.45, 2.75) is 39.5 Å². The Bertz CT molecular complexity index is 394. The van der Waals surface area contributed by atoms with E-state index >= 15 is 0 Å². The number of likely N-dealkylation sites (tertiary alicyclic amines) is 1. The zero-order chi connectivity index (χ0) is 13.2. The zero-order valence-electron chi connectivity index (χ0n) is 11.8. The van der Waals surface area contributed by atoms with E-state index in [1.165, 1.54) is 24.9 Å². The van der Waals surface area contributed by atoms with E-state index in [0.29, 0.717) is 17.1 Å². The largest absolute Gasteiger partial charge is 0.508 e. The van der Waals surface area contributed by atoms with Crippen LogP contribution in [0.15, 0.2) is 24.3 Å². The van der Waals surface area contributed by atoms with Crippen LogP contribution in [-0.4, -0.2) is 29.6 Å². The van der Waals surface area contributed by atoms with E-state index < -0.39 is 0 Å². The van der Waals surface area contributed by atoms with Crippen molar-refractivity contribution in [3.05, 3.63) is 29.8 Å². The van der Waals surface area contributed by atoms with Crippen molar-refractivity contribution < 1.29 is 5.11 Å². The third-order valence-electron chi connectivity index (χ3n) is 3.55. The predicted molar refractivity (Wildman–Crippen MR) is 76.0 cm³/mol. The van der Waals surface area contributed by atoms with Crippen molar-refractivity contribution in [1.82, 2.24) is 4.90 Å². The van der Waals surface area contributed by atoms with Gasteiger partial charge in [-0.15, -0.1) is 0 Å². The second-order valence-corrected chi connectivity index (χ2v) is 6.73. The Morgan fingerprint density at radius 3 is 2.78 bits per heavy atom. The fourth-order valence-electron chi connectivity index (χ4n) is 2.92. The first-order valence-electron chi connectivity index (χ1n) is 6.95. The lowest BCUT2D eigenvalue weighted by Crippen LogP contribution is -2.39. The number of phenolic OH excluding ortho intramolecular Hbond substituents is 1. The summed E-state index contributed by atoms with van der Waals surface area (Å²) >= 11 is 0. The average Bonchev–Trinajstić information content (AvgIpc) is 2.27. The number of hydrogen-bond acceptors (Lipinski definition) is 2. The maximum Gasteiger partial charge on any atom is 0.115 e. The zero-order valence-corrected chi connectivity index (χ0v) is 11.8. The molecule has 1 aromatic rings. The molecular formula is C16H25NO. The molecule has 1 N–H and O–H groups in total. The van der Waals surface area contributed by atoms with Gasteiger partial charge in [0.05, 0.1) is 0 Å². The highest BCUT2D eigenvalue weighted by molar-refractivity contribution is 5.30.